The number of nitrogens with zero attached hydrogens (tertiary/aromatic N) is 9. The average molecular weight is 568 g/mol. The number of halogens is 1. The summed E-state index contributed by atoms with van der Waals surface area (Å²) in [4.78, 5) is 13.3. The highest BCUT2D eigenvalue weighted by atomic mass is 35.5. The van der Waals surface area contributed by atoms with Gasteiger partial charge in [-0.3, -0.25) is 4.90 Å². The Morgan fingerprint density at radius 2 is 1.85 bits per heavy atom. The summed E-state index contributed by atoms with van der Waals surface area (Å²) in [5.41, 5.74) is 2.37. The van der Waals surface area contributed by atoms with E-state index in [4.69, 9.17) is 11.6 Å². The molecule has 4 heterocycles. The predicted octanol–water partition coefficient (Wildman–Crippen LogP) is 1.60. The van der Waals surface area contributed by atoms with Crippen LogP contribution in [0.3, 0.4) is 0 Å². The summed E-state index contributed by atoms with van der Waals surface area (Å²) in [5, 5.41) is 30.6. The van der Waals surface area contributed by atoms with Crippen molar-refractivity contribution in [1.29, 1.82) is 10.5 Å². The standard InChI is InChI=1S/C24H26ClN11O2S/c1-39(37,38)35-13-18(14-35)33-4-6-34(7-5-33)20-9-15(10-26)8-19(21(20)25)30-24-31-22(29-16-2-3-16)23-28-12-17(11-27)36(23)32-24/h8-9,12,16,18H,2-7,13-14H2,1H3,(H2,29,30,31,32). The minimum atomic E-state index is -3.15. The Kier molecular flexibility index (Phi) is 6.43. The maximum absolute atomic E-state index is 11.7. The van der Waals surface area contributed by atoms with Gasteiger partial charge in [-0.15, -0.1) is 5.10 Å². The smallest absolute Gasteiger partial charge is 0.247 e. The van der Waals surface area contributed by atoms with Crippen molar-refractivity contribution in [3.8, 4) is 12.1 Å². The highest BCUT2D eigenvalue weighted by Gasteiger charge is 2.38. The first-order valence-electron chi connectivity index (χ1n) is 12.6. The maximum atomic E-state index is 11.7. The number of benzene rings is 1. The zero-order valence-corrected chi connectivity index (χ0v) is 22.7. The quantitative estimate of drug-likeness (QED) is 0.427. The van der Waals surface area contributed by atoms with E-state index in [1.165, 1.54) is 21.3 Å². The van der Waals surface area contributed by atoms with Crippen LogP contribution in [-0.4, -0.2) is 94.8 Å². The molecule has 1 saturated carbocycles. The Hall–Kier alpha value is -3.69. The predicted molar refractivity (Wildman–Crippen MR) is 146 cm³/mol. The van der Waals surface area contributed by atoms with Gasteiger partial charge in [-0.1, -0.05) is 11.6 Å². The third-order valence-electron chi connectivity index (χ3n) is 7.29. The number of imidazole rings is 1. The van der Waals surface area contributed by atoms with Crippen LogP contribution in [0.4, 0.5) is 23.1 Å². The zero-order valence-electron chi connectivity index (χ0n) is 21.2. The Bertz CT molecular complexity index is 1630. The molecular formula is C24H26ClN11O2S. The molecule has 0 radical (unpaired) electrons. The summed E-state index contributed by atoms with van der Waals surface area (Å²) in [5.74, 6) is 0.735. The van der Waals surface area contributed by atoms with Crippen molar-refractivity contribution in [2.24, 2.45) is 0 Å². The Morgan fingerprint density at radius 3 is 2.49 bits per heavy atom. The van der Waals surface area contributed by atoms with Gasteiger partial charge in [-0.2, -0.15) is 24.3 Å². The molecule has 13 nitrogen and oxygen atoms in total. The Labute approximate surface area is 230 Å². The number of hydrogen-bond donors (Lipinski definition) is 2. The van der Waals surface area contributed by atoms with E-state index in [1.807, 2.05) is 0 Å². The number of nitriles is 2. The van der Waals surface area contributed by atoms with Crippen molar-refractivity contribution in [2.75, 3.05) is 61.1 Å². The molecule has 2 saturated heterocycles. The van der Waals surface area contributed by atoms with Crippen molar-refractivity contribution >= 4 is 50.4 Å². The molecule has 202 valence electrons. The lowest BCUT2D eigenvalue weighted by Crippen LogP contribution is -2.64. The molecule has 3 aliphatic rings. The molecule has 0 unspecified atom stereocenters. The van der Waals surface area contributed by atoms with Crippen LogP contribution in [0.1, 0.15) is 24.1 Å². The molecule has 39 heavy (non-hydrogen) atoms. The van der Waals surface area contributed by atoms with E-state index in [9.17, 15) is 18.9 Å². The van der Waals surface area contributed by atoms with Crippen LogP contribution in [0.5, 0.6) is 0 Å². The molecule has 3 fully saturated rings. The molecule has 1 aromatic carbocycles. The van der Waals surface area contributed by atoms with Gasteiger partial charge in [0.15, 0.2) is 17.2 Å². The zero-order chi connectivity index (χ0) is 27.3. The molecule has 0 spiro atoms. The number of fused-ring (bicyclic) bond motifs is 1. The normalized spacial score (nSPS) is 18.9. The van der Waals surface area contributed by atoms with Gasteiger partial charge in [0.1, 0.15) is 6.07 Å². The average Bonchev–Trinajstić information content (AvgIpc) is 3.60. The van der Waals surface area contributed by atoms with Crippen LogP contribution in [0.15, 0.2) is 18.3 Å². The van der Waals surface area contributed by atoms with Gasteiger partial charge in [0.25, 0.3) is 0 Å². The van der Waals surface area contributed by atoms with Gasteiger partial charge in [0.05, 0.1) is 40.5 Å². The number of aromatic nitrogens is 4. The van der Waals surface area contributed by atoms with E-state index < -0.39 is 10.0 Å². The number of hydrogen-bond acceptors (Lipinski definition) is 11. The topological polar surface area (TPSA) is 159 Å². The second-order valence-corrected chi connectivity index (χ2v) is 12.4. The fourth-order valence-electron chi connectivity index (χ4n) is 4.89. The molecule has 2 aliphatic heterocycles. The van der Waals surface area contributed by atoms with Crippen LogP contribution in [0, 0.1) is 22.7 Å². The SMILES string of the molecule is CS(=O)(=O)N1CC(N2CCN(c3cc(C#N)cc(Nc4nc(NC5CC5)c5ncc(C#N)n5n4)c3Cl)CC2)C1. The monoisotopic (exact) mass is 567 g/mol. The molecular weight excluding hydrogens is 542 g/mol. The molecule has 1 aliphatic carbocycles. The van der Waals surface area contributed by atoms with Crippen molar-refractivity contribution in [3.63, 3.8) is 0 Å². The van der Waals surface area contributed by atoms with Crippen molar-refractivity contribution < 1.29 is 8.42 Å². The van der Waals surface area contributed by atoms with E-state index >= 15 is 0 Å². The number of anilines is 4. The van der Waals surface area contributed by atoms with Crippen molar-refractivity contribution in [2.45, 2.75) is 24.9 Å². The summed E-state index contributed by atoms with van der Waals surface area (Å²) in [7, 11) is -3.15. The lowest BCUT2D eigenvalue weighted by atomic mass is 10.1. The van der Waals surface area contributed by atoms with Gasteiger partial charge in [0.2, 0.25) is 16.0 Å². The summed E-state index contributed by atoms with van der Waals surface area (Å²) in [6.07, 6.45) is 4.76. The molecule has 0 atom stereocenters. The van der Waals surface area contributed by atoms with Gasteiger partial charge in [-0.05, 0) is 25.0 Å². The number of sulfonamides is 1. The molecule has 2 aromatic heterocycles. The van der Waals surface area contributed by atoms with Crippen LogP contribution in [0.25, 0.3) is 5.65 Å². The van der Waals surface area contributed by atoms with E-state index in [2.05, 4.69) is 47.6 Å². The maximum Gasteiger partial charge on any atom is 0.247 e. The third kappa shape index (κ3) is 5.04. The van der Waals surface area contributed by atoms with E-state index in [0.717, 1.165) is 31.6 Å². The Balaban J connectivity index is 1.23. The second-order valence-electron chi connectivity index (χ2n) is 10.0. The fourth-order valence-corrected chi connectivity index (χ4v) is 6.05. The van der Waals surface area contributed by atoms with Gasteiger partial charge >= 0.3 is 0 Å². The highest BCUT2D eigenvalue weighted by Crippen LogP contribution is 2.37. The summed E-state index contributed by atoms with van der Waals surface area (Å²) < 4.78 is 26.4. The molecule has 3 aromatic rings. The summed E-state index contributed by atoms with van der Waals surface area (Å²) in [6, 6.07) is 8.24. The summed E-state index contributed by atoms with van der Waals surface area (Å²) >= 11 is 6.87. The minimum Gasteiger partial charge on any atom is -0.368 e. The first-order chi connectivity index (χ1) is 18.7. The lowest BCUT2D eigenvalue weighted by Gasteiger charge is -2.47. The lowest BCUT2D eigenvalue weighted by molar-refractivity contribution is 0.0833. The van der Waals surface area contributed by atoms with Crippen LogP contribution >= 0.6 is 11.6 Å². The van der Waals surface area contributed by atoms with Gasteiger partial charge in [-0.25, -0.2) is 13.4 Å². The molecule has 0 bridgehead atoms. The van der Waals surface area contributed by atoms with Gasteiger partial charge in [0, 0.05) is 51.4 Å². The number of rotatable bonds is 7. The van der Waals surface area contributed by atoms with E-state index in [1.54, 1.807) is 12.1 Å². The molecule has 15 heteroatoms. The number of nitrogens with one attached hydrogen (secondary N) is 2. The van der Waals surface area contributed by atoms with E-state index in [0.29, 0.717) is 60.0 Å². The second kappa shape index (κ2) is 9.81. The third-order valence-corrected chi connectivity index (χ3v) is 8.93. The highest BCUT2D eigenvalue weighted by molar-refractivity contribution is 7.88. The van der Waals surface area contributed by atoms with Crippen molar-refractivity contribution in [3.05, 3.63) is 34.6 Å². The van der Waals surface area contributed by atoms with Crippen LogP contribution in [-0.2, 0) is 10.0 Å². The molecule has 0 amide bonds. The van der Waals surface area contributed by atoms with E-state index in [-0.39, 0.29) is 17.7 Å². The van der Waals surface area contributed by atoms with Gasteiger partial charge < -0.3 is 15.5 Å². The first-order valence-corrected chi connectivity index (χ1v) is 14.8. The minimum absolute atomic E-state index is 0.215. The summed E-state index contributed by atoms with van der Waals surface area (Å²) in [6.45, 7) is 3.91. The van der Waals surface area contributed by atoms with Crippen molar-refractivity contribution in [1.82, 2.24) is 28.8 Å². The van der Waals surface area contributed by atoms with Crippen LogP contribution in [0.2, 0.25) is 5.02 Å². The first kappa shape index (κ1) is 25.6. The molecule has 2 N–H and O–H groups in total. The molecule has 6 rings (SSSR count). The number of piperazine rings is 1. The van der Waals surface area contributed by atoms with Crippen LogP contribution < -0.4 is 15.5 Å². The largest absolute Gasteiger partial charge is 0.368 e. The fraction of sp³-hybridized carbons (Fsp3) is 0.458. The Morgan fingerprint density at radius 1 is 1.10 bits per heavy atom.